The molecule has 0 saturated carbocycles. The van der Waals surface area contributed by atoms with Crippen molar-refractivity contribution < 1.29 is 8.42 Å². The standard InChI is InChI=1S/C7H9NO2S2/c1-12(9,10)5-2-3-6(8)7(11)4-5/h2-4,11H,8H2,1H3. The molecule has 0 radical (unpaired) electrons. The molecular formula is C7H9NO2S2. The van der Waals surface area contributed by atoms with Crippen molar-refractivity contribution >= 4 is 28.2 Å². The van der Waals surface area contributed by atoms with Crippen LogP contribution in [0.25, 0.3) is 0 Å². The number of hydrogen-bond donors (Lipinski definition) is 2. The first kappa shape index (κ1) is 9.41. The van der Waals surface area contributed by atoms with Gasteiger partial charge in [-0.1, -0.05) is 0 Å². The summed E-state index contributed by atoms with van der Waals surface area (Å²) in [6, 6.07) is 4.43. The van der Waals surface area contributed by atoms with E-state index in [-0.39, 0.29) is 4.90 Å². The van der Waals surface area contributed by atoms with E-state index in [1.807, 2.05) is 0 Å². The van der Waals surface area contributed by atoms with Crippen LogP contribution >= 0.6 is 12.6 Å². The number of sulfone groups is 1. The summed E-state index contributed by atoms with van der Waals surface area (Å²) in [6.45, 7) is 0. The molecule has 5 heteroatoms. The number of benzene rings is 1. The van der Waals surface area contributed by atoms with E-state index in [4.69, 9.17) is 5.73 Å². The Morgan fingerprint density at radius 1 is 1.42 bits per heavy atom. The van der Waals surface area contributed by atoms with E-state index in [0.717, 1.165) is 6.26 Å². The van der Waals surface area contributed by atoms with Gasteiger partial charge in [0, 0.05) is 16.8 Å². The zero-order valence-corrected chi connectivity index (χ0v) is 8.19. The molecule has 66 valence electrons. The lowest BCUT2D eigenvalue weighted by Crippen LogP contribution is -1.97. The van der Waals surface area contributed by atoms with Crippen molar-refractivity contribution in [2.24, 2.45) is 0 Å². The third-order valence-corrected chi connectivity index (χ3v) is 2.93. The Morgan fingerprint density at radius 3 is 2.42 bits per heavy atom. The summed E-state index contributed by atoms with van der Waals surface area (Å²) in [5.41, 5.74) is 5.94. The highest BCUT2D eigenvalue weighted by Gasteiger charge is 2.07. The Bertz CT molecular complexity index is 398. The molecular weight excluding hydrogens is 194 g/mol. The molecule has 0 unspecified atom stereocenters. The lowest BCUT2D eigenvalue weighted by atomic mass is 10.3. The molecule has 1 aromatic carbocycles. The Hall–Kier alpha value is -0.680. The van der Waals surface area contributed by atoms with E-state index in [9.17, 15) is 8.42 Å². The van der Waals surface area contributed by atoms with Crippen LogP contribution in [0.5, 0.6) is 0 Å². The van der Waals surface area contributed by atoms with Crippen molar-refractivity contribution in [2.45, 2.75) is 9.79 Å². The second kappa shape index (κ2) is 2.99. The van der Waals surface area contributed by atoms with Gasteiger partial charge in [0.25, 0.3) is 0 Å². The summed E-state index contributed by atoms with van der Waals surface area (Å²) in [7, 11) is -3.15. The van der Waals surface area contributed by atoms with E-state index in [1.165, 1.54) is 18.2 Å². The average Bonchev–Trinajstić information content (AvgIpc) is 1.92. The van der Waals surface area contributed by atoms with Gasteiger partial charge in [-0.25, -0.2) is 8.42 Å². The molecule has 0 atom stereocenters. The van der Waals surface area contributed by atoms with Crippen molar-refractivity contribution in [3.05, 3.63) is 18.2 Å². The fourth-order valence-electron chi connectivity index (χ4n) is 0.754. The number of hydrogen-bond acceptors (Lipinski definition) is 4. The van der Waals surface area contributed by atoms with Gasteiger partial charge in [-0.2, -0.15) is 0 Å². The van der Waals surface area contributed by atoms with Crippen LogP contribution in [-0.2, 0) is 9.84 Å². The number of nitrogen functional groups attached to an aromatic ring is 1. The van der Waals surface area contributed by atoms with Crippen molar-refractivity contribution in [1.29, 1.82) is 0 Å². The van der Waals surface area contributed by atoms with Gasteiger partial charge >= 0.3 is 0 Å². The van der Waals surface area contributed by atoms with E-state index in [0.29, 0.717) is 10.6 Å². The highest BCUT2D eigenvalue weighted by Crippen LogP contribution is 2.20. The molecule has 0 heterocycles. The van der Waals surface area contributed by atoms with E-state index in [2.05, 4.69) is 12.6 Å². The minimum atomic E-state index is -3.15. The van der Waals surface area contributed by atoms with Crippen LogP contribution in [0, 0.1) is 0 Å². The third kappa shape index (κ3) is 1.92. The Labute approximate surface area is 76.9 Å². The molecule has 0 bridgehead atoms. The maximum Gasteiger partial charge on any atom is 0.175 e. The number of anilines is 1. The van der Waals surface area contributed by atoms with Gasteiger partial charge in [-0.05, 0) is 18.2 Å². The summed E-state index contributed by atoms with van der Waals surface area (Å²) in [4.78, 5) is 0.722. The minimum Gasteiger partial charge on any atom is -0.398 e. The first-order valence-electron chi connectivity index (χ1n) is 3.20. The van der Waals surface area contributed by atoms with Gasteiger partial charge < -0.3 is 5.73 Å². The van der Waals surface area contributed by atoms with Gasteiger partial charge in [-0.3, -0.25) is 0 Å². The fourth-order valence-corrected chi connectivity index (χ4v) is 1.70. The first-order chi connectivity index (χ1) is 5.41. The lowest BCUT2D eigenvalue weighted by molar-refractivity contribution is 0.601. The first-order valence-corrected chi connectivity index (χ1v) is 5.53. The molecule has 1 aromatic rings. The molecule has 0 aromatic heterocycles. The molecule has 0 spiro atoms. The highest BCUT2D eigenvalue weighted by molar-refractivity contribution is 7.90. The molecule has 12 heavy (non-hydrogen) atoms. The van der Waals surface area contributed by atoms with Gasteiger partial charge in [0.15, 0.2) is 9.84 Å². The van der Waals surface area contributed by atoms with E-state index >= 15 is 0 Å². The quantitative estimate of drug-likeness (QED) is 0.528. The van der Waals surface area contributed by atoms with Crippen LogP contribution in [-0.4, -0.2) is 14.7 Å². The van der Waals surface area contributed by atoms with Crippen LogP contribution in [0.2, 0.25) is 0 Å². The SMILES string of the molecule is CS(=O)(=O)c1ccc(N)c(S)c1. The Morgan fingerprint density at radius 2 is 2.00 bits per heavy atom. The Kier molecular flexibility index (Phi) is 2.34. The molecule has 2 N–H and O–H groups in total. The van der Waals surface area contributed by atoms with Crippen LogP contribution < -0.4 is 5.73 Å². The monoisotopic (exact) mass is 203 g/mol. The molecule has 0 aliphatic heterocycles. The maximum absolute atomic E-state index is 11.0. The molecule has 1 rings (SSSR count). The normalized spacial score (nSPS) is 11.5. The van der Waals surface area contributed by atoms with Crippen LogP contribution in [0.4, 0.5) is 5.69 Å². The molecule has 0 aliphatic rings. The van der Waals surface area contributed by atoms with Gasteiger partial charge in [0.2, 0.25) is 0 Å². The van der Waals surface area contributed by atoms with Crippen molar-refractivity contribution in [1.82, 2.24) is 0 Å². The smallest absolute Gasteiger partial charge is 0.175 e. The second-order valence-corrected chi connectivity index (χ2v) is 4.99. The molecule has 3 nitrogen and oxygen atoms in total. The minimum absolute atomic E-state index is 0.238. The summed E-state index contributed by atoms with van der Waals surface area (Å²) in [5, 5.41) is 0. The molecule has 0 aliphatic carbocycles. The van der Waals surface area contributed by atoms with Crippen LogP contribution in [0.3, 0.4) is 0 Å². The second-order valence-electron chi connectivity index (χ2n) is 2.49. The van der Waals surface area contributed by atoms with Crippen LogP contribution in [0.15, 0.2) is 28.0 Å². The number of thiol groups is 1. The zero-order chi connectivity index (χ0) is 9.35. The summed E-state index contributed by atoms with van der Waals surface area (Å²) in [5.74, 6) is 0. The zero-order valence-electron chi connectivity index (χ0n) is 6.48. The lowest BCUT2D eigenvalue weighted by Gasteiger charge is -2.01. The van der Waals surface area contributed by atoms with Crippen molar-refractivity contribution in [3.63, 3.8) is 0 Å². The number of nitrogens with two attached hydrogens (primary N) is 1. The maximum atomic E-state index is 11.0. The van der Waals surface area contributed by atoms with Crippen molar-refractivity contribution in [3.8, 4) is 0 Å². The molecule has 0 fully saturated rings. The van der Waals surface area contributed by atoms with Gasteiger partial charge in [0.05, 0.1) is 4.90 Å². The number of rotatable bonds is 1. The predicted molar refractivity (Wildman–Crippen MR) is 51.2 cm³/mol. The van der Waals surface area contributed by atoms with Crippen LogP contribution in [0.1, 0.15) is 0 Å². The summed E-state index contributed by atoms with van der Waals surface area (Å²) < 4.78 is 22.0. The summed E-state index contributed by atoms with van der Waals surface area (Å²) >= 11 is 4.01. The van der Waals surface area contributed by atoms with Gasteiger partial charge in [-0.15, -0.1) is 12.6 Å². The van der Waals surface area contributed by atoms with Gasteiger partial charge in [0.1, 0.15) is 0 Å². The Balaban J connectivity index is 3.33. The molecule has 0 saturated heterocycles. The predicted octanol–water partition coefficient (Wildman–Crippen LogP) is 0.961. The van der Waals surface area contributed by atoms with E-state index in [1.54, 1.807) is 0 Å². The topological polar surface area (TPSA) is 60.2 Å². The van der Waals surface area contributed by atoms with E-state index < -0.39 is 9.84 Å². The molecule has 0 amide bonds. The van der Waals surface area contributed by atoms with Crippen molar-refractivity contribution in [2.75, 3.05) is 12.0 Å². The average molecular weight is 203 g/mol. The highest BCUT2D eigenvalue weighted by atomic mass is 32.2. The fraction of sp³-hybridized carbons (Fsp3) is 0.143. The third-order valence-electron chi connectivity index (χ3n) is 1.43. The summed E-state index contributed by atoms with van der Waals surface area (Å²) in [6.07, 6.45) is 1.14. The largest absolute Gasteiger partial charge is 0.398 e.